The summed E-state index contributed by atoms with van der Waals surface area (Å²) in [7, 11) is 0. The first-order chi connectivity index (χ1) is 14.0. The summed E-state index contributed by atoms with van der Waals surface area (Å²) >= 11 is 6.17. The summed E-state index contributed by atoms with van der Waals surface area (Å²) in [4.78, 5) is 16.6. The fraction of sp³-hybridized carbons (Fsp3) is 0.211. The lowest BCUT2D eigenvalue weighted by Gasteiger charge is -2.04. The van der Waals surface area contributed by atoms with Gasteiger partial charge in [-0.05, 0) is 25.5 Å². The van der Waals surface area contributed by atoms with Crippen LogP contribution in [-0.4, -0.2) is 40.2 Å². The molecule has 0 radical (unpaired) electrons. The molecule has 9 nitrogen and oxygen atoms in total. The molecule has 0 spiro atoms. The predicted molar refractivity (Wildman–Crippen MR) is 108 cm³/mol. The molecule has 4 rings (SSSR count). The summed E-state index contributed by atoms with van der Waals surface area (Å²) in [5, 5.41) is 16.2. The maximum absolute atomic E-state index is 12.5. The van der Waals surface area contributed by atoms with Gasteiger partial charge in [0.1, 0.15) is 13.0 Å². The topological polar surface area (TPSA) is 95.5 Å². The SMILES string of the molecule is Cc1nn(Cn2ccc(C(=O)Nc3ncn(Cc4ccccc4)n3)n2)c(C)c1Cl. The van der Waals surface area contributed by atoms with Crippen molar-refractivity contribution in [3.63, 3.8) is 0 Å². The van der Waals surface area contributed by atoms with Gasteiger partial charge < -0.3 is 0 Å². The number of carbonyl (C=O) groups excluding carboxylic acids is 1. The lowest BCUT2D eigenvalue weighted by Crippen LogP contribution is -2.16. The van der Waals surface area contributed by atoms with Crippen molar-refractivity contribution < 1.29 is 4.79 Å². The third-order valence-electron chi connectivity index (χ3n) is 4.39. The van der Waals surface area contributed by atoms with E-state index in [1.165, 1.54) is 0 Å². The predicted octanol–water partition coefficient (Wildman–Crippen LogP) is 2.75. The van der Waals surface area contributed by atoms with Gasteiger partial charge in [-0.25, -0.2) is 14.3 Å². The Kier molecular flexibility index (Phi) is 5.13. The van der Waals surface area contributed by atoms with E-state index in [1.807, 2.05) is 44.2 Å². The van der Waals surface area contributed by atoms with E-state index in [-0.39, 0.29) is 17.5 Å². The van der Waals surface area contributed by atoms with Crippen LogP contribution < -0.4 is 5.32 Å². The van der Waals surface area contributed by atoms with Crippen LogP contribution in [0.25, 0.3) is 0 Å². The van der Waals surface area contributed by atoms with Crippen LogP contribution in [0.2, 0.25) is 5.02 Å². The van der Waals surface area contributed by atoms with Crippen molar-refractivity contribution in [3.05, 3.63) is 76.6 Å². The Morgan fingerprint density at radius 1 is 1.07 bits per heavy atom. The first-order valence-corrected chi connectivity index (χ1v) is 9.35. The summed E-state index contributed by atoms with van der Waals surface area (Å²) in [5.74, 6) is -0.154. The van der Waals surface area contributed by atoms with Crippen molar-refractivity contribution in [1.29, 1.82) is 0 Å². The van der Waals surface area contributed by atoms with Crippen molar-refractivity contribution >= 4 is 23.5 Å². The third kappa shape index (κ3) is 4.19. The Morgan fingerprint density at radius 3 is 2.59 bits per heavy atom. The molecule has 0 bridgehead atoms. The molecule has 3 heterocycles. The molecular formula is C19H19ClN8O. The van der Waals surface area contributed by atoms with E-state index in [0.29, 0.717) is 18.2 Å². The van der Waals surface area contributed by atoms with Crippen molar-refractivity contribution in [2.24, 2.45) is 0 Å². The summed E-state index contributed by atoms with van der Waals surface area (Å²) in [6.45, 7) is 4.66. The lowest BCUT2D eigenvalue weighted by molar-refractivity contribution is 0.102. The van der Waals surface area contributed by atoms with E-state index >= 15 is 0 Å². The third-order valence-corrected chi connectivity index (χ3v) is 4.94. The van der Waals surface area contributed by atoms with Gasteiger partial charge in [0.25, 0.3) is 5.91 Å². The highest BCUT2D eigenvalue weighted by molar-refractivity contribution is 6.31. The van der Waals surface area contributed by atoms with Gasteiger partial charge in [-0.1, -0.05) is 41.9 Å². The minimum Gasteiger partial charge on any atom is -0.288 e. The van der Waals surface area contributed by atoms with E-state index < -0.39 is 0 Å². The van der Waals surface area contributed by atoms with Gasteiger partial charge in [-0.2, -0.15) is 10.2 Å². The van der Waals surface area contributed by atoms with Crippen molar-refractivity contribution in [2.45, 2.75) is 27.1 Å². The maximum atomic E-state index is 12.5. The molecule has 10 heteroatoms. The molecule has 0 saturated carbocycles. The number of aryl methyl sites for hydroxylation is 1. The lowest BCUT2D eigenvalue weighted by atomic mass is 10.2. The number of nitrogens with one attached hydrogen (secondary N) is 1. The van der Waals surface area contributed by atoms with Crippen LogP contribution in [0.3, 0.4) is 0 Å². The van der Waals surface area contributed by atoms with Crippen molar-refractivity contribution in [3.8, 4) is 0 Å². The molecule has 0 saturated heterocycles. The van der Waals surface area contributed by atoms with Crippen LogP contribution in [0.5, 0.6) is 0 Å². The molecule has 0 atom stereocenters. The molecule has 0 unspecified atom stereocenters. The number of hydrogen-bond acceptors (Lipinski definition) is 5. The normalized spacial score (nSPS) is 11.0. The standard InChI is InChI=1S/C19H19ClN8O/c1-13-17(20)14(2)28(23-13)12-26-9-8-16(24-26)18(29)22-19-21-11-27(25-19)10-15-6-4-3-5-7-15/h3-9,11H,10,12H2,1-2H3,(H,22,25,29). The molecule has 1 N–H and O–H groups in total. The van der Waals surface area contributed by atoms with E-state index in [4.69, 9.17) is 11.6 Å². The van der Waals surface area contributed by atoms with E-state index in [2.05, 4.69) is 25.6 Å². The largest absolute Gasteiger partial charge is 0.288 e. The molecule has 4 aromatic rings. The number of amides is 1. The van der Waals surface area contributed by atoms with Gasteiger partial charge >= 0.3 is 0 Å². The fourth-order valence-corrected chi connectivity index (χ4v) is 3.01. The minimum atomic E-state index is -0.382. The van der Waals surface area contributed by atoms with Gasteiger partial charge in [0.15, 0.2) is 5.69 Å². The first kappa shape index (κ1) is 18.9. The highest BCUT2D eigenvalue weighted by atomic mass is 35.5. The molecule has 29 heavy (non-hydrogen) atoms. The quantitative estimate of drug-likeness (QED) is 0.527. The Hall–Kier alpha value is -3.46. The number of anilines is 1. The Bertz CT molecular complexity index is 1140. The number of nitrogens with zero attached hydrogens (tertiary/aromatic N) is 7. The van der Waals surface area contributed by atoms with Gasteiger partial charge in [-0.15, -0.1) is 5.10 Å². The highest BCUT2D eigenvalue weighted by Gasteiger charge is 2.14. The van der Waals surface area contributed by atoms with Gasteiger partial charge in [-0.3, -0.25) is 14.8 Å². The average Bonchev–Trinajstić information content (AvgIpc) is 3.41. The van der Waals surface area contributed by atoms with Gasteiger partial charge in [0.2, 0.25) is 5.95 Å². The molecule has 1 aromatic carbocycles. The smallest absolute Gasteiger partial charge is 0.278 e. The second-order valence-electron chi connectivity index (χ2n) is 6.57. The molecule has 1 amide bonds. The maximum Gasteiger partial charge on any atom is 0.278 e. The summed E-state index contributed by atoms with van der Waals surface area (Å²) in [6, 6.07) is 11.5. The number of aromatic nitrogens is 7. The summed E-state index contributed by atoms with van der Waals surface area (Å²) in [5.41, 5.74) is 2.96. The summed E-state index contributed by atoms with van der Waals surface area (Å²) < 4.78 is 5.02. The van der Waals surface area contributed by atoms with Crippen LogP contribution in [0.15, 0.2) is 48.9 Å². The number of carbonyl (C=O) groups is 1. The van der Waals surface area contributed by atoms with Crippen molar-refractivity contribution in [2.75, 3.05) is 5.32 Å². The van der Waals surface area contributed by atoms with Crippen LogP contribution in [0.1, 0.15) is 27.4 Å². The Balaban J connectivity index is 1.40. The Labute approximate surface area is 171 Å². The second kappa shape index (κ2) is 7.88. The van der Waals surface area contributed by atoms with E-state index in [9.17, 15) is 4.79 Å². The Morgan fingerprint density at radius 2 is 1.86 bits per heavy atom. The number of hydrogen-bond donors (Lipinski definition) is 1. The summed E-state index contributed by atoms with van der Waals surface area (Å²) in [6.07, 6.45) is 3.29. The molecule has 148 valence electrons. The molecule has 0 aliphatic heterocycles. The molecule has 0 aliphatic carbocycles. The average molecular weight is 411 g/mol. The zero-order valence-electron chi connectivity index (χ0n) is 15.9. The van der Waals surface area contributed by atoms with Crippen LogP contribution >= 0.6 is 11.6 Å². The minimum absolute atomic E-state index is 0.228. The van der Waals surface area contributed by atoms with Crippen LogP contribution in [-0.2, 0) is 13.2 Å². The molecular weight excluding hydrogens is 392 g/mol. The van der Waals surface area contributed by atoms with Crippen LogP contribution in [0.4, 0.5) is 5.95 Å². The highest BCUT2D eigenvalue weighted by Crippen LogP contribution is 2.18. The molecule has 0 fully saturated rings. The van der Waals surface area contributed by atoms with Gasteiger partial charge in [0.05, 0.1) is 23.0 Å². The number of rotatable bonds is 6. The number of halogens is 1. The first-order valence-electron chi connectivity index (χ1n) is 8.97. The zero-order valence-corrected chi connectivity index (χ0v) is 16.7. The zero-order chi connectivity index (χ0) is 20.4. The molecule has 3 aromatic heterocycles. The second-order valence-corrected chi connectivity index (χ2v) is 6.95. The van der Waals surface area contributed by atoms with Crippen LogP contribution in [0, 0.1) is 13.8 Å². The number of benzene rings is 1. The monoisotopic (exact) mass is 410 g/mol. The van der Waals surface area contributed by atoms with Crippen molar-refractivity contribution in [1.82, 2.24) is 34.3 Å². The molecule has 0 aliphatic rings. The van der Waals surface area contributed by atoms with Gasteiger partial charge in [0, 0.05) is 6.20 Å². The van der Waals surface area contributed by atoms with E-state index in [0.717, 1.165) is 17.0 Å². The fourth-order valence-electron chi connectivity index (χ4n) is 2.88. The van der Waals surface area contributed by atoms with E-state index in [1.54, 1.807) is 32.6 Å².